The first-order valence-corrected chi connectivity index (χ1v) is 8.68. The molecule has 3 rings (SSSR count). The van der Waals surface area contributed by atoms with Crippen LogP contribution in [0.1, 0.15) is 33.0 Å². The van der Waals surface area contributed by atoms with Crippen LogP contribution in [0.5, 0.6) is 0 Å². The predicted octanol–water partition coefficient (Wildman–Crippen LogP) is 3.77. The van der Waals surface area contributed by atoms with E-state index < -0.39 is 0 Å². The van der Waals surface area contributed by atoms with Crippen molar-refractivity contribution in [2.24, 2.45) is 0 Å². The molecule has 0 spiro atoms. The Morgan fingerprint density at radius 1 is 0.963 bits per heavy atom. The van der Waals surface area contributed by atoms with Crippen molar-refractivity contribution >= 4 is 11.7 Å². The van der Waals surface area contributed by atoms with Crippen LogP contribution < -0.4 is 10.6 Å². The number of nitrogens with one attached hydrogen (secondary N) is 2. The molecule has 0 saturated carbocycles. The van der Waals surface area contributed by atoms with Crippen molar-refractivity contribution in [2.75, 3.05) is 5.32 Å². The second kappa shape index (κ2) is 8.40. The summed E-state index contributed by atoms with van der Waals surface area (Å²) in [6.07, 6.45) is 0. The smallest absolute Gasteiger partial charge is 0.270 e. The number of carbonyl (C=O) groups is 1. The molecule has 0 unspecified atom stereocenters. The lowest BCUT2D eigenvalue weighted by Gasteiger charge is -2.11. The fourth-order valence-corrected chi connectivity index (χ4v) is 2.68. The second-order valence-corrected chi connectivity index (χ2v) is 6.24. The summed E-state index contributed by atoms with van der Waals surface area (Å²) in [4.78, 5) is 20.9. The first kappa shape index (κ1) is 18.5. The third kappa shape index (κ3) is 4.88. The van der Waals surface area contributed by atoms with Gasteiger partial charge in [-0.05, 0) is 31.0 Å². The summed E-state index contributed by atoms with van der Waals surface area (Å²) in [6.45, 7) is 4.47. The molecule has 1 heterocycles. The van der Waals surface area contributed by atoms with Gasteiger partial charge in [0, 0.05) is 24.7 Å². The number of amides is 1. The molecule has 1 amide bonds. The van der Waals surface area contributed by atoms with Gasteiger partial charge in [-0.25, -0.2) is 14.4 Å². The Morgan fingerprint density at radius 3 is 2.41 bits per heavy atom. The number of aryl methyl sites for hydroxylation is 2. The molecule has 6 heteroatoms. The van der Waals surface area contributed by atoms with Crippen LogP contribution in [0.3, 0.4) is 0 Å². The Labute approximate surface area is 157 Å². The normalized spacial score (nSPS) is 10.5. The van der Waals surface area contributed by atoms with Crippen LogP contribution in [0.15, 0.2) is 54.6 Å². The molecule has 138 valence electrons. The van der Waals surface area contributed by atoms with E-state index in [1.54, 1.807) is 31.2 Å². The van der Waals surface area contributed by atoms with E-state index >= 15 is 0 Å². The van der Waals surface area contributed by atoms with Gasteiger partial charge in [0.05, 0.1) is 0 Å². The number of halogens is 1. The van der Waals surface area contributed by atoms with E-state index in [1.807, 2.05) is 31.2 Å². The van der Waals surface area contributed by atoms with Gasteiger partial charge in [0.1, 0.15) is 23.2 Å². The summed E-state index contributed by atoms with van der Waals surface area (Å²) in [5.74, 6) is 0.336. The molecule has 27 heavy (non-hydrogen) atoms. The van der Waals surface area contributed by atoms with Crippen molar-refractivity contribution in [1.29, 1.82) is 0 Å². The molecule has 1 aromatic heterocycles. The van der Waals surface area contributed by atoms with E-state index in [4.69, 9.17) is 0 Å². The van der Waals surface area contributed by atoms with Gasteiger partial charge in [-0.3, -0.25) is 4.79 Å². The van der Waals surface area contributed by atoms with Gasteiger partial charge in [-0.1, -0.05) is 42.5 Å². The van der Waals surface area contributed by atoms with Gasteiger partial charge in [-0.2, -0.15) is 0 Å². The van der Waals surface area contributed by atoms with Crippen LogP contribution in [0, 0.1) is 19.7 Å². The average Bonchev–Trinajstić information content (AvgIpc) is 2.66. The van der Waals surface area contributed by atoms with Crippen molar-refractivity contribution in [3.63, 3.8) is 0 Å². The van der Waals surface area contributed by atoms with E-state index in [-0.39, 0.29) is 24.0 Å². The van der Waals surface area contributed by atoms with E-state index in [0.717, 1.165) is 5.56 Å². The molecule has 0 aliphatic heterocycles. The maximum atomic E-state index is 13.7. The van der Waals surface area contributed by atoms with Gasteiger partial charge >= 0.3 is 0 Å². The largest absolute Gasteiger partial charge is 0.366 e. The lowest BCUT2D eigenvalue weighted by atomic mass is 10.1. The Bertz CT molecular complexity index is 958. The SMILES string of the molecule is Cc1nc(NCc2ccccc2C)cc(C(=O)NCc2ccccc2F)n1. The fraction of sp³-hybridized carbons (Fsp3) is 0.190. The molecule has 0 aliphatic rings. The zero-order chi connectivity index (χ0) is 19.2. The Kier molecular flexibility index (Phi) is 5.76. The minimum absolute atomic E-state index is 0.0977. The first-order valence-electron chi connectivity index (χ1n) is 8.68. The first-order chi connectivity index (χ1) is 13.0. The average molecular weight is 364 g/mol. The summed E-state index contributed by atoms with van der Waals surface area (Å²) in [5.41, 5.74) is 3.00. The zero-order valence-electron chi connectivity index (χ0n) is 15.3. The molecular formula is C21H21FN4O. The summed E-state index contributed by atoms with van der Waals surface area (Å²) >= 11 is 0. The van der Waals surface area contributed by atoms with Crippen LogP contribution in [0.2, 0.25) is 0 Å². The van der Waals surface area contributed by atoms with Crippen molar-refractivity contribution in [3.05, 3.63) is 88.6 Å². The minimum Gasteiger partial charge on any atom is -0.366 e. The quantitative estimate of drug-likeness (QED) is 0.699. The van der Waals surface area contributed by atoms with Crippen LogP contribution in [0.25, 0.3) is 0 Å². The number of hydrogen-bond donors (Lipinski definition) is 2. The number of aromatic nitrogens is 2. The number of anilines is 1. The lowest BCUT2D eigenvalue weighted by molar-refractivity contribution is 0.0945. The number of carbonyl (C=O) groups excluding carboxylic acids is 1. The number of benzene rings is 2. The van der Waals surface area contributed by atoms with Gasteiger partial charge in [-0.15, -0.1) is 0 Å². The molecule has 0 fully saturated rings. The number of hydrogen-bond acceptors (Lipinski definition) is 4. The summed E-state index contributed by atoms with van der Waals surface area (Å²) < 4.78 is 13.7. The summed E-state index contributed by atoms with van der Waals surface area (Å²) in [6, 6.07) is 16.0. The van der Waals surface area contributed by atoms with Crippen molar-refractivity contribution in [3.8, 4) is 0 Å². The number of rotatable bonds is 6. The van der Waals surface area contributed by atoms with Crippen LogP contribution in [0.4, 0.5) is 10.2 Å². The van der Waals surface area contributed by atoms with Crippen LogP contribution in [-0.2, 0) is 13.1 Å². The maximum Gasteiger partial charge on any atom is 0.270 e. The second-order valence-electron chi connectivity index (χ2n) is 6.24. The number of nitrogens with zero attached hydrogens (tertiary/aromatic N) is 2. The van der Waals surface area contributed by atoms with Gasteiger partial charge in [0.25, 0.3) is 5.91 Å². The highest BCUT2D eigenvalue weighted by atomic mass is 19.1. The Balaban J connectivity index is 1.68. The third-order valence-corrected chi connectivity index (χ3v) is 4.19. The molecule has 0 radical (unpaired) electrons. The fourth-order valence-electron chi connectivity index (χ4n) is 2.68. The maximum absolute atomic E-state index is 13.7. The van der Waals surface area contributed by atoms with Crippen molar-refractivity contribution < 1.29 is 9.18 Å². The Morgan fingerprint density at radius 2 is 1.67 bits per heavy atom. The minimum atomic E-state index is -0.373. The van der Waals surface area contributed by atoms with E-state index in [0.29, 0.717) is 23.8 Å². The van der Waals surface area contributed by atoms with Crippen molar-refractivity contribution in [1.82, 2.24) is 15.3 Å². The lowest BCUT2D eigenvalue weighted by Crippen LogP contribution is -2.25. The molecule has 5 nitrogen and oxygen atoms in total. The van der Waals surface area contributed by atoms with E-state index in [1.165, 1.54) is 11.6 Å². The van der Waals surface area contributed by atoms with Crippen LogP contribution in [-0.4, -0.2) is 15.9 Å². The summed E-state index contributed by atoms with van der Waals surface area (Å²) in [7, 11) is 0. The highest BCUT2D eigenvalue weighted by Crippen LogP contribution is 2.12. The van der Waals surface area contributed by atoms with Crippen molar-refractivity contribution in [2.45, 2.75) is 26.9 Å². The van der Waals surface area contributed by atoms with Gasteiger partial charge in [0.2, 0.25) is 0 Å². The highest BCUT2D eigenvalue weighted by molar-refractivity contribution is 5.92. The van der Waals surface area contributed by atoms with Crippen LogP contribution >= 0.6 is 0 Å². The molecule has 0 atom stereocenters. The molecular weight excluding hydrogens is 343 g/mol. The third-order valence-electron chi connectivity index (χ3n) is 4.19. The summed E-state index contributed by atoms with van der Waals surface area (Å²) in [5, 5.41) is 5.93. The van der Waals surface area contributed by atoms with E-state index in [9.17, 15) is 9.18 Å². The standard InChI is InChI=1S/C21H21FN4O/c1-14-7-3-4-8-16(14)12-23-20-11-19(25-15(2)26-20)21(27)24-13-17-9-5-6-10-18(17)22/h3-11H,12-13H2,1-2H3,(H,24,27)(H,23,25,26). The van der Waals surface area contributed by atoms with E-state index in [2.05, 4.69) is 20.6 Å². The molecule has 2 N–H and O–H groups in total. The molecule has 3 aromatic rings. The van der Waals surface area contributed by atoms with Gasteiger partial charge < -0.3 is 10.6 Å². The molecule has 0 aliphatic carbocycles. The molecule has 2 aromatic carbocycles. The Hall–Kier alpha value is -3.28. The monoisotopic (exact) mass is 364 g/mol. The molecule has 0 saturated heterocycles. The topological polar surface area (TPSA) is 66.9 Å². The highest BCUT2D eigenvalue weighted by Gasteiger charge is 2.11. The molecule has 0 bridgehead atoms. The zero-order valence-corrected chi connectivity index (χ0v) is 15.3. The van der Waals surface area contributed by atoms with Gasteiger partial charge in [0.15, 0.2) is 0 Å². The predicted molar refractivity (Wildman–Crippen MR) is 103 cm³/mol.